The molecule has 2 amide bonds. The van der Waals surface area contributed by atoms with E-state index >= 15 is 0 Å². The molecule has 31 heavy (non-hydrogen) atoms. The summed E-state index contributed by atoms with van der Waals surface area (Å²) in [5, 5.41) is 8.17. The third-order valence-corrected chi connectivity index (χ3v) is 5.58. The summed E-state index contributed by atoms with van der Waals surface area (Å²) in [5.41, 5.74) is 1.61. The number of aromatic nitrogens is 4. The number of hydrogen-bond donors (Lipinski definition) is 0. The van der Waals surface area contributed by atoms with Crippen LogP contribution in [0.15, 0.2) is 47.1 Å². The molecule has 0 bridgehead atoms. The Kier molecular flexibility index (Phi) is 6.11. The van der Waals surface area contributed by atoms with Gasteiger partial charge in [0, 0.05) is 46.2 Å². The highest BCUT2D eigenvalue weighted by atomic mass is 16.5. The van der Waals surface area contributed by atoms with Crippen LogP contribution in [0.2, 0.25) is 0 Å². The van der Waals surface area contributed by atoms with Crippen molar-refractivity contribution in [1.82, 2.24) is 29.7 Å². The monoisotopic (exact) mass is 422 g/mol. The summed E-state index contributed by atoms with van der Waals surface area (Å²) in [6, 6.07) is 11.3. The van der Waals surface area contributed by atoms with E-state index < -0.39 is 0 Å². The Morgan fingerprint density at radius 1 is 1.23 bits per heavy atom. The second kappa shape index (κ2) is 9.11. The summed E-state index contributed by atoms with van der Waals surface area (Å²) in [7, 11) is 3.53. The minimum absolute atomic E-state index is 0.0116. The minimum Gasteiger partial charge on any atom is -0.341 e. The summed E-state index contributed by atoms with van der Waals surface area (Å²) in [6.07, 6.45) is 3.92. The third kappa shape index (κ3) is 4.65. The summed E-state index contributed by atoms with van der Waals surface area (Å²) in [6.45, 7) is 1.20. The molecule has 0 saturated carbocycles. The van der Waals surface area contributed by atoms with Crippen LogP contribution in [0.4, 0.5) is 0 Å². The average Bonchev–Trinajstić information content (AvgIpc) is 3.52. The van der Waals surface area contributed by atoms with Crippen molar-refractivity contribution in [2.45, 2.75) is 38.3 Å². The number of aryl methyl sites for hydroxylation is 2. The first-order valence-corrected chi connectivity index (χ1v) is 10.4. The maximum absolute atomic E-state index is 12.9. The van der Waals surface area contributed by atoms with Crippen molar-refractivity contribution in [1.29, 1.82) is 0 Å². The first-order valence-electron chi connectivity index (χ1n) is 10.4. The zero-order valence-electron chi connectivity index (χ0n) is 17.8. The topological polar surface area (TPSA) is 97.4 Å². The van der Waals surface area contributed by atoms with E-state index in [4.69, 9.17) is 4.52 Å². The molecule has 1 atom stereocenters. The quantitative estimate of drug-likeness (QED) is 0.580. The van der Waals surface area contributed by atoms with E-state index in [1.807, 2.05) is 30.3 Å². The van der Waals surface area contributed by atoms with Crippen molar-refractivity contribution >= 4 is 11.8 Å². The van der Waals surface area contributed by atoms with E-state index in [1.165, 1.54) is 0 Å². The molecular weight excluding hydrogens is 396 g/mol. The molecule has 9 heteroatoms. The molecule has 1 fully saturated rings. The van der Waals surface area contributed by atoms with Gasteiger partial charge in [-0.3, -0.25) is 14.3 Å². The Morgan fingerprint density at radius 3 is 2.77 bits per heavy atom. The molecule has 0 spiro atoms. The predicted molar refractivity (Wildman–Crippen MR) is 112 cm³/mol. The smallest absolute Gasteiger partial charge is 0.272 e. The van der Waals surface area contributed by atoms with Crippen molar-refractivity contribution in [3.8, 4) is 0 Å². The van der Waals surface area contributed by atoms with Crippen molar-refractivity contribution in [3.05, 3.63) is 65.6 Å². The summed E-state index contributed by atoms with van der Waals surface area (Å²) in [4.78, 5) is 33.3. The fourth-order valence-electron chi connectivity index (χ4n) is 3.86. The van der Waals surface area contributed by atoms with Crippen molar-refractivity contribution in [3.63, 3.8) is 0 Å². The Labute approximate surface area is 180 Å². The molecular formula is C22H26N6O3. The highest BCUT2D eigenvalue weighted by Gasteiger charge is 2.34. The molecule has 0 radical (unpaired) electrons. The van der Waals surface area contributed by atoms with Gasteiger partial charge in [0.25, 0.3) is 5.91 Å². The minimum atomic E-state index is -0.226. The van der Waals surface area contributed by atoms with Crippen LogP contribution < -0.4 is 0 Å². The number of hydrogen-bond acceptors (Lipinski definition) is 6. The van der Waals surface area contributed by atoms with E-state index in [1.54, 1.807) is 40.8 Å². The van der Waals surface area contributed by atoms with Crippen LogP contribution in [-0.2, 0) is 24.8 Å². The number of carbonyl (C=O) groups is 2. The van der Waals surface area contributed by atoms with Gasteiger partial charge in [0.2, 0.25) is 11.8 Å². The molecule has 2 aromatic heterocycles. The second-order valence-corrected chi connectivity index (χ2v) is 7.78. The van der Waals surface area contributed by atoms with Gasteiger partial charge in [-0.05, 0) is 24.5 Å². The molecule has 1 saturated heterocycles. The van der Waals surface area contributed by atoms with Crippen LogP contribution >= 0.6 is 0 Å². The van der Waals surface area contributed by atoms with Crippen LogP contribution in [0.25, 0.3) is 0 Å². The predicted octanol–water partition coefficient (Wildman–Crippen LogP) is 2.37. The number of amides is 2. The molecule has 1 unspecified atom stereocenters. The third-order valence-electron chi connectivity index (χ3n) is 5.58. The van der Waals surface area contributed by atoms with Crippen LogP contribution in [0.3, 0.4) is 0 Å². The molecule has 4 rings (SSSR count). The molecule has 0 N–H and O–H groups in total. The fourth-order valence-corrected chi connectivity index (χ4v) is 3.86. The van der Waals surface area contributed by atoms with Crippen LogP contribution in [-0.4, -0.2) is 55.1 Å². The number of likely N-dealkylation sites (tertiary alicyclic amines) is 1. The van der Waals surface area contributed by atoms with Gasteiger partial charge >= 0.3 is 0 Å². The Hall–Kier alpha value is -3.49. The molecule has 162 valence electrons. The van der Waals surface area contributed by atoms with E-state index in [-0.39, 0.29) is 24.3 Å². The lowest BCUT2D eigenvalue weighted by atomic mass is 10.2. The highest BCUT2D eigenvalue weighted by Crippen LogP contribution is 2.31. The maximum atomic E-state index is 12.9. The zero-order valence-corrected chi connectivity index (χ0v) is 17.8. The van der Waals surface area contributed by atoms with Gasteiger partial charge in [-0.1, -0.05) is 35.5 Å². The molecule has 3 heterocycles. The summed E-state index contributed by atoms with van der Waals surface area (Å²) < 4.78 is 6.95. The number of rotatable bonds is 7. The van der Waals surface area contributed by atoms with Gasteiger partial charge < -0.3 is 14.3 Å². The normalized spacial score (nSPS) is 15.9. The molecule has 0 aliphatic carbocycles. The molecule has 1 aliphatic rings. The molecule has 1 aliphatic heterocycles. The highest BCUT2D eigenvalue weighted by molar-refractivity contribution is 5.92. The SMILES string of the molecule is CN(Cc1ccccc1)C(=O)CCc1nc(C2CCCN2C(=O)c2ccnn2C)no1. The van der Waals surface area contributed by atoms with E-state index in [9.17, 15) is 9.59 Å². The lowest BCUT2D eigenvalue weighted by molar-refractivity contribution is -0.130. The van der Waals surface area contributed by atoms with Crippen LogP contribution in [0, 0.1) is 0 Å². The molecule has 9 nitrogen and oxygen atoms in total. The van der Waals surface area contributed by atoms with E-state index in [0.717, 1.165) is 18.4 Å². The number of nitrogens with zero attached hydrogens (tertiary/aromatic N) is 6. The van der Waals surface area contributed by atoms with Gasteiger partial charge in [0.1, 0.15) is 5.69 Å². The number of carbonyl (C=O) groups excluding carboxylic acids is 2. The van der Waals surface area contributed by atoms with Crippen molar-refractivity contribution in [2.24, 2.45) is 7.05 Å². The fraction of sp³-hybridized carbons (Fsp3) is 0.409. The summed E-state index contributed by atoms with van der Waals surface area (Å²) in [5.74, 6) is 0.827. The van der Waals surface area contributed by atoms with Crippen molar-refractivity contribution in [2.75, 3.05) is 13.6 Å². The van der Waals surface area contributed by atoms with Gasteiger partial charge in [0.15, 0.2) is 5.82 Å². The lowest BCUT2D eigenvalue weighted by Gasteiger charge is -2.22. The maximum Gasteiger partial charge on any atom is 0.272 e. The standard InChI is InChI=1S/C22H26N6O3/c1-26(15-16-7-4-3-5-8-16)20(29)11-10-19-24-21(25-31-19)17-9-6-14-28(17)22(30)18-12-13-23-27(18)2/h3-5,7-8,12-13,17H,6,9-11,14-15H2,1-2H3. The second-order valence-electron chi connectivity index (χ2n) is 7.78. The molecule has 1 aromatic carbocycles. The Morgan fingerprint density at radius 2 is 2.03 bits per heavy atom. The number of benzene rings is 1. The van der Waals surface area contributed by atoms with Gasteiger partial charge in [-0.15, -0.1) is 0 Å². The van der Waals surface area contributed by atoms with Crippen LogP contribution in [0.5, 0.6) is 0 Å². The Balaban J connectivity index is 1.35. The van der Waals surface area contributed by atoms with E-state index in [0.29, 0.717) is 36.9 Å². The van der Waals surface area contributed by atoms with Gasteiger partial charge in [-0.25, -0.2) is 0 Å². The first-order chi connectivity index (χ1) is 15.0. The van der Waals surface area contributed by atoms with Crippen LogP contribution in [0.1, 0.15) is 53.1 Å². The lowest BCUT2D eigenvalue weighted by Crippen LogP contribution is -2.32. The Bertz CT molecular complexity index is 1040. The zero-order chi connectivity index (χ0) is 21.8. The van der Waals surface area contributed by atoms with Gasteiger partial charge in [-0.2, -0.15) is 10.1 Å². The summed E-state index contributed by atoms with van der Waals surface area (Å²) >= 11 is 0. The van der Waals surface area contributed by atoms with Crippen molar-refractivity contribution < 1.29 is 14.1 Å². The van der Waals surface area contributed by atoms with E-state index in [2.05, 4.69) is 15.2 Å². The largest absolute Gasteiger partial charge is 0.341 e. The van der Waals surface area contributed by atoms with Gasteiger partial charge in [0.05, 0.1) is 6.04 Å². The first kappa shape index (κ1) is 20.8. The average molecular weight is 422 g/mol. The molecule has 3 aromatic rings.